The van der Waals surface area contributed by atoms with Crippen LogP contribution in [0.4, 0.5) is 0 Å². The fourth-order valence-electron chi connectivity index (χ4n) is 4.88. The van der Waals surface area contributed by atoms with Crippen LogP contribution < -0.4 is 21.3 Å². The first-order valence-electron chi connectivity index (χ1n) is 18.2. The molecule has 0 spiro atoms. The Morgan fingerprint density at radius 1 is 0.633 bits per heavy atom. The zero-order chi connectivity index (χ0) is 37.7. The molecule has 0 heterocycles. The number of nitrogens with one attached hydrogen (secondary N) is 4. The molecule has 11 nitrogen and oxygen atoms in total. The number of carbonyl (C=O) groups is 4. The summed E-state index contributed by atoms with van der Waals surface area (Å²) in [4.78, 5) is 51.3. The van der Waals surface area contributed by atoms with Crippen molar-refractivity contribution in [3.05, 3.63) is 12.2 Å². The predicted octanol–water partition coefficient (Wildman–Crippen LogP) is 5.32. The summed E-state index contributed by atoms with van der Waals surface area (Å²) in [6.07, 6.45) is 4.93. The summed E-state index contributed by atoms with van der Waals surface area (Å²) in [7, 11) is 1.67. The van der Waals surface area contributed by atoms with Gasteiger partial charge in [0.25, 0.3) is 0 Å². The zero-order valence-corrected chi connectivity index (χ0v) is 33.0. The Hall–Kier alpha value is -2.50. The number of ether oxygens (including phenoxy) is 3. The van der Waals surface area contributed by atoms with Gasteiger partial charge in [0.05, 0.1) is 33.0 Å². The molecule has 0 aromatic rings. The van der Waals surface area contributed by atoms with E-state index in [0.717, 1.165) is 25.7 Å². The van der Waals surface area contributed by atoms with E-state index < -0.39 is 17.4 Å². The Labute approximate surface area is 298 Å². The second kappa shape index (κ2) is 23.1. The quantitative estimate of drug-likeness (QED) is 0.0641. The van der Waals surface area contributed by atoms with Crippen molar-refractivity contribution in [3.8, 4) is 0 Å². The molecule has 0 aromatic carbocycles. The minimum absolute atomic E-state index is 0.0448. The van der Waals surface area contributed by atoms with Gasteiger partial charge < -0.3 is 35.5 Å². The highest BCUT2D eigenvalue weighted by Gasteiger charge is 2.30. The van der Waals surface area contributed by atoms with Crippen molar-refractivity contribution in [2.75, 3.05) is 59.8 Å². The van der Waals surface area contributed by atoms with Crippen molar-refractivity contribution >= 4 is 23.6 Å². The molecule has 0 fully saturated rings. The molecule has 0 aliphatic carbocycles. The Bertz CT molecular complexity index is 1030. The zero-order valence-electron chi connectivity index (χ0n) is 33.0. The first-order valence-corrected chi connectivity index (χ1v) is 18.2. The molecule has 0 radical (unpaired) electrons. The van der Waals surface area contributed by atoms with E-state index in [0.29, 0.717) is 77.5 Å². The van der Waals surface area contributed by atoms with Crippen LogP contribution in [0.25, 0.3) is 0 Å². The minimum atomic E-state index is -1.05. The van der Waals surface area contributed by atoms with Crippen LogP contribution in [-0.4, -0.2) is 89.4 Å². The van der Waals surface area contributed by atoms with E-state index in [1.165, 1.54) is 0 Å². The minimum Gasteiger partial charge on any atom is -0.384 e. The highest BCUT2D eigenvalue weighted by Crippen LogP contribution is 2.23. The molecule has 0 aromatic heterocycles. The number of hydrogen-bond donors (Lipinski definition) is 4. The Morgan fingerprint density at radius 2 is 1.18 bits per heavy atom. The summed E-state index contributed by atoms with van der Waals surface area (Å²) in [5.74, 6) is -0.908. The Morgan fingerprint density at radius 3 is 1.73 bits per heavy atom. The molecule has 2 atom stereocenters. The predicted molar refractivity (Wildman–Crippen MR) is 197 cm³/mol. The molecule has 0 aliphatic heterocycles. The summed E-state index contributed by atoms with van der Waals surface area (Å²) < 4.78 is 17.3. The smallest absolute Gasteiger partial charge is 0.246 e. The first-order chi connectivity index (χ1) is 22.7. The van der Waals surface area contributed by atoms with Crippen molar-refractivity contribution < 1.29 is 33.4 Å². The molecule has 49 heavy (non-hydrogen) atoms. The van der Waals surface area contributed by atoms with Gasteiger partial charge in [0.15, 0.2) is 0 Å². The van der Waals surface area contributed by atoms with Crippen molar-refractivity contribution in [1.82, 2.24) is 21.3 Å². The van der Waals surface area contributed by atoms with Crippen LogP contribution in [0, 0.1) is 21.7 Å². The Balaban J connectivity index is 5.26. The third-order valence-corrected chi connectivity index (χ3v) is 8.38. The van der Waals surface area contributed by atoms with E-state index in [1.807, 2.05) is 34.6 Å². The number of unbranched alkanes of at least 4 members (excludes halogenated alkanes) is 2. The number of amides is 4. The van der Waals surface area contributed by atoms with Crippen LogP contribution in [0.3, 0.4) is 0 Å². The van der Waals surface area contributed by atoms with Gasteiger partial charge in [-0.25, -0.2) is 0 Å². The van der Waals surface area contributed by atoms with E-state index in [9.17, 15) is 19.2 Å². The lowest BCUT2D eigenvalue weighted by Gasteiger charge is -2.32. The van der Waals surface area contributed by atoms with Gasteiger partial charge in [-0.1, -0.05) is 88.7 Å². The van der Waals surface area contributed by atoms with E-state index in [-0.39, 0.29) is 40.4 Å². The topological polar surface area (TPSA) is 144 Å². The monoisotopic (exact) mass is 697 g/mol. The van der Waals surface area contributed by atoms with Crippen LogP contribution in [0.1, 0.15) is 121 Å². The van der Waals surface area contributed by atoms with Gasteiger partial charge in [0.2, 0.25) is 23.6 Å². The van der Waals surface area contributed by atoms with Crippen molar-refractivity contribution in [2.24, 2.45) is 21.7 Å². The average molecular weight is 697 g/mol. The second-order valence-electron chi connectivity index (χ2n) is 16.4. The number of hydrogen-bond acceptors (Lipinski definition) is 7. The average Bonchev–Trinajstić information content (AvgIpc) is 3.00. The summed E-state index contributed by atoms with van der Waals surface area (Å²) in [5, 5.41) is 11.7. The van der Waals surface area contributed by atoms with Gasteiger partial charge in [-0.3, -0.25) is 19.2 Å². The standard InChI is InChI=1S/C38H72N4O7/c1-13-16-17-19-31(44)42-33(29(4)20-32(45)39-21-35(5,6)25-48-27-37(9,10)24-47-12)34(46)41-22-36(7,8)26-49-28-38(11,15-3)23-40-30(43)18-14-2/h33H,4,13-28H2,1-3,5-12H3,(H,39,45)(H,40,43)(H,41,46)(H,42,44)/t33-,38?/m0/s1. The molecule has 0 saturated carbocycles. The van der Waals surface area contributed by atoms with Gasteiger partial charge in [-0.15, -0.1) is 0 Å². The number of methoxy groups -OCH3 is 1. The fraction of sp³-hybridized carbons (Fsp3) is 0.842. The van der Waals surface area contributed by atoms with Crippen LogP contribution in [0.2, 0.25) is 0 Å². The lowest BCUT2D eigenvalue weighted by Crippen LogP contribution is -2.50. The van der Waals surface area contributed by atoms with Crippen LogP contribution in [0.15, 0.2) is 12.2 Å². The summed E-state index contributed by atoms with van der Waals surface area (Å²) >= 11 is 0. The molecular weight excluding hydrogens is 624 g/mol. The van der Waals surface area contributed by atoms with Crippen LogP contribution in [-0.2, 0) is 33.4 Å². The van der Waals surface area contributed by atoms with Gasteiger partial charge in [-0.05, 0) is 24.8 Å². The third kappa shape index (κ3) is 22.0. The molecule has 0 rings (SSSR count). The Kier molecular flexibility index (Phi) is 21.9. The lowest BCUT2D eigenvalue weighted by atomic mass is 9.88. The van der Waals surface area contributed by atoms with Crippen molar-refractivity contribution in [2.45, 2.75) is 127 Å². The van der Waals surface area contributed by atoms with E-state index in [4.69, 9.17) is 14.2 Å². The first kappa shape index (κ1) is 46.5. The molecule has 0 bridgehead atoms. The highest BCUT2D eigenvalue weighted by atomic mass is 16.5. The fourth-order valence-corrected chi connectivity index (χ4v) is 4.88. The maximum Gasteiger partial charge on any atom is 0.246 e. The van der Waals surface area contributed by atoms with Crippen molar-refractivity contribution in [3.63, 3.8) is 0 Å². The molecule has 11 heteroatoms. The van der Waals surface area contributed by atoms with Gasteiger partial charge in [0, 0.05) is 67.7 Å². The maximum atomic E-state index is 13.5. The van der Waals surface area contributed by atoms with E-state index in [2.05, 4.69) is 62.5 Å². The second-order valence-corrected chi connectivity index (χ2v) is 16.4. The third-order valence-electron chi connectivity index (χ3n) is 8.38. The highest BCUT2D eigenvalue weighted by molar-refractivity contribution is 5.92. The molecule has 4 N–H and O–H groups in total. The normalized spacial score (nSPS) is 14.0. The van der Waals surface area contributed by atoms with Crippen LogP contribution in [0.5, 0.6) is 0 Å². The molecule has 0 aliphatic rings. The molecule has 1 unspecified atom stereocenters. The largest absolute Gasteiger partial charge is 0.384 e. The molecule has 0 saturated heterocycles. The van der Waals surface area contributed by atoms with Gasteiger partial charge >= 0.3 is 0 Å². The van der Waals surface area contributed by atoms with Gasteiger partial charge in [-0.2, -0.15) is 0 Å². The summed E-state index contributed by atoms with van der Waals surface area (Å²) in [6, 6.07) is -1.05. The van der Waals surface area contributed by atoms with E-state index in [1.54, 1.807) is 7.11 Å². The molecule has 286 valence electrons. The van der Waals surface area contributed by atoms with Crippen molar-refractivity contribution in [1.29, 1.82) is 0 Å². The van der Waals surface area contributed by atoms with Gasteiger partial charge in [0.1, 0.15) is 6.04 Å². The van der Waals surface area contributed by atoms with E-state index >= 15 is 0 Å². The lowest BCUT2D eigenvalue weighted by molar-refractivity contribution is -0.129. The summed E-state index contributed by atoms with van der Waals surface area (Å²) in [5.41, 5.74) is -0.759. The molecule has 4 amide bonds. The SMILES string of the molecule is C=C(CC(=O)NCC(C)(C)COCC(C)(C)COC)[C@H](NC(=O)CCCCC)C(=O)NCC(C)(C)COCC(C)(CC)CNC(=O)CCC. The number of carbonyl (C=O) groups excluding carboxylic acids is 4. The maximum absolute atomic E-state index is 13.5. The van der Waals surface area contributed by atoms with Crippen LogP contribution >= 0.6 is 0 Å². The number of rotatable bonds is 28. The molecular formula is C38H72N4O7. The summed E-state index contributed by atoms with van der Waals surface area (Å²) in [6.45, 7) is 28.0.